The van der Waals surface area contributed by atoms with E-state index in [0.717, 1.165) is 43.6 Å². The molecule has 0 aromatic heterocycles. The molecule has 2 fully saturated rings. The lowest BCUT2D eigenvalue weighted by Crippen LogP contribution is -2.50. The van der Waals surface area contributed by atoms with Crippen molar-refractivity contribution in [1.82, 2.24) is 4.90 Å². The van der Waals surface area contributed by atoms with Crippen LogP contribution in [0.2, 0.25) is 0 Å². The highest BCUT2D eigenvalue weighted by atomic mass is 19.1. The van der Waals surface area contributed by atoms with Crippen LogP contribution in [0.1, 0.15) is 77.8 Å². The number of halogens is 1. The van der Waals surface area contributed by atoms with Crippen LogP contribution in [0.15, 0.2) is 12.1 Å². The van der Waals surface area contributed by atoms with E-state index < -0.39 is 17.1 Å². The van der Waals surface area contributed by atoms with E-state index in [1.54, 1.807) is 17.9 Å². The third-order valence-electron chi connectivity index (χ3n) is 7.14. The Balaban J connectivity index is 1.90. The normalized spacial score (nSPS) is 19.0. The van der Waals surface area contributed by atoms with Crippen molar-refractivity contribution >= 4 is 17.6 Å². The van der Waals surface area contributed by atoms with Crippen LogP contribution >= 0.6 is 0 Å². The van der Waals surface area contributed by atoms with Gasteiger partial charge in [0, 0.05) is 43.3 Å². The Hall–Kier alpha value is -2.62. The van der Waals surface area contributed by atoms with E-state index in [1.165, 1.54) is 0 Å². The largest absolute Gasteiger partial charge is 0.444 e. The van der Waals surface area contributed by atoms with E-state index in [1.807, 2.05) is 26.8 Å². The minimum Gasteiger partial charge on any atom is -0.444 e. The fourth-order valence-electron chi connectivity index (χ4n) is 5.28. The molecule has 1 amide bonds. The van der Waals surface area contributed by atoms with E-state index in [9.17, 15) is 14.9 Å². The van der Waals surface area contributed by atoms with Crippen molar-refractivity contribution in [3.8, 4) is 6.07 Å². The Morgan fingerprint density at radius 3 is 2.29 bits per heavy atom. The minimum atomic E-state index is -0.945. The lowest BCUT2D eigenvalue weighted by Gasteiger charge is -2.42. The molecule has 2 heterocycles. The highest BCUT2D eigenvalue weighted by Crippen LogP contribution is 2.42. The molecule has 0 aliphatic carbocycles. The number of carbonyl (C=O) groups is 2. The molecule has 0 spiro atoms. The number of ketones is 1. The summed E-state index contributed by atoms with van der Waals surface area (Å²) in [7, 11) is 0. The summed E-state index contributed by atoms with van der Waals surface area (Å²) in [5.41, 5.74) is 0.664. The molecule has 34 heavy (non-hydrogen) atoms. The number of likely N-dealkylation sites (tertiary alicyclic amines) is 1. The van der Waals surface area contributed by atoms with Crippen LogP contribution in [0.3, 0.4) is 0 Å². The molecule has 0 bridgehead atoms. The maximum atomic E-state index is 15.9. The highest BCUT2D eigenvalue weighted by Gasteiger charge is 2.45. The second-order valence-electron chi connectivity index (χ2n) is 10.7. The molecular weight excluding hydrogens is 433 g/mol. The van der Waals surface area contributed by atoms with Crippen molar-refractivity contribution in [1.29, 1.82) is 5.26 Å². The number of nitrogens with zero attached hydrogens (tertiary/aromatic N) is 3. The van der Waals surface area contributed by atoms with E-state index in [-0.39, 0.29) is 17.5 Å². The third kappa shape index (κ3) is 5.54. The zero-order valence-electron chi connectivity index (χ0n) is 21.2. The van der Waals surface area contributed by atoms with Gasteiger partial charge < -0.3 is 14.5 Å². The molecule has 0 unspecified atom stereocenters. The van der Waals surface area contributed by atoms with Gasteiger partial charge in [0.25, 0.3) is 0 Å². The maximum Gasteiger partial charge on any atom is 0.410 e. The number of Topliss-reactive ketones (excluding diaryl/α,β-unsaturated/α-hetero) is 1. The van der Waals surface area contributed by atoms with Gasteiger partial charge in [0.1, 0.15) is 17.2 Å². The summed E-state index contributed by atoms with van der Waals surface area (Å²) in [5, 5.41) is 9.18. The summed E-state index contributed by atoms with van der Waals surface area (Å²) in [6.45, 7) is 11.2. The minimum absolute atomic E-state index is 0.0600. The monoisotopic (exact) mass is 471 g/mol. The molecule has 2 aliphatic rings. The van der Waals surface area contributed by atoms with E-state index >= 15 is 4.39 Å². The Kier molecular flexibility index (Phi) is 7.90. The van der Waals surface area contributed by atoms with Crippen molar-refractivity contribution in [3.05, 3.63) is 29.1 Å². The first-order valence-electron chi connectivity index (χ1n) is 12.5. The zero-order valence-corrected chi connectivity index (χ0v) is 21.2. The van der Waals surface area contributed by atoms with Crippen LogP contribution in [0, 0.1) is 23.1 Å². The lowest BCUT2D eigenvalue weighted by molar-refractivity contribution is -0.124. The molecule has 1 aromatic carbocycles. The fraction of sp³-hybridized carbons (Fsp3) is 0.667. The van der Waals surface area contributed by atoms with Crippen molar-refractivity contribution < 1.29 is 18.7 Å². The summed E-state index contributed by atoms with van der Waals surface area (Å²) < 4.78 is 21.4. The van der Waals surface area contributed by atoms with Crippen LogP contribution in [0.4, 0.5) is 14.9 Å². The van der Waals surface area contributed by atoms with E-state index in [0.29, 0.717) is 37.9 Å². The number of anilines is 1. The summed E-state index contributed by atoms with van der Waals surface area (Å²) in [5.74, 6) is -0.342. The molecule has 0 saturated carbocycles. The molecule has 2 saturated heterocycles. The SMILES string of the molecule is CCCc1cc(N2CCC(C#N)CC2)cc(F)c1C1(C(C)=O)CCN(C(=O)OC(C)(C)C)CC1. The summed E-state index contributed by atoms with van der Waals surface area (Å²) >= 11 is 0. The smallest absolute Gasteiger partial charge is 0.410 e. The van der Waals surface area contributed by atoms with Crippen molar-refractivity contribution in [2.75, 3.05) is 31.1 Å². The van der Waals surface area contributed by atoms with Crippen molar-refractivity contribution in [3.63, 3.8) is 0 Å². The molecule has 3 rings (SSSR count). The molecular formula is C27H38FN3O3. The second-order valence-corrected chi connectivity index (χ2v) is 10.7. The molecule has 0 atom stereocenters. The van der Waals surface area contributed by atoms with Crippen LogP contribution in [-0.2, 0) is 21.4 Å². The van der Waals surface area contributed by atoms with Crippen LogP contribution in [0.25, 0.3) is 0 Å². The molecule has 2 aliphatic heterocycles. The molecule has 6 nitrogen and oxygen atoms in total. The van der Waals surface area contributed by atoms with Crippen molar-refractivity contribution in [2.24, 2.45) is 5.92 Å². The Morgan fingerprint density at radius 2 is 1.79 bits per heavy atom. The standard InChI is InChI=1S/C27H38FN3O3/c1-6-7-21-16-22(30-12-8-20(18-29)9-13-30)17-23(28)24(21)27(19(2)32)10-14-31(15-11-27)25(33)34-26(3,4)5/h16-17,20H,6-15H2,1-5H3. The van der Waals surface area contributed by atoms with Gasteiger partial charge in [-0.2, -0.15) is 5.26 Å². The Bertz CT molecular complexity index is 947. The van der Waals surface area contributed by atoms with Gasteiger partial charge >= 0.3 is 6.09 Å². The summed E-state index contributed by atoms with van der Waals surface area (Å²) in [6, 6.07) is 5.94. The third-order valence-corrected chi connectivity index (χ3v) is 7.14. The fourth-order valence-corrected chi connectivity index (χ4v) is 5.28. The van der Waals surface area contributed by atoms with Gasteiger partial charge in [-0.05, 0) is 77.5 Å². The average Bonchev–Trinajstić information content (AvgIpc) is 2.78. The predicted octanol–water partition coefficient (Wildman–Crippen LogP) is 5.38. The second kappa shape index (κ2) is 10.3. The first kappa shape index (κ1) is 26.0. The van der Waals surface area contributed by atoms with Crippen LogP contribution < -0.4 is 4.90 Å². The predicted molar refractivity (Wildman–Crippen MR) is 130 cm³/mol. The van der Waals surface area contributed by atoms with Gasteiger partial charge in [-0.3, -0.25) is 4.79 Å². The maximum absolute atomic E-state index is 15.9. The van der Waals surface area contributed by atoms with Gasteiger partial charge in [-0.25, -0.2) is 9.18 Å². The number of aryl methyl sites for hydroxylation is 1. The molecule has 0 N–H and O–H groups in total. The van der Waals surface area contributed by atoms with Gasteiger partial charge in [0.15, 0.2) is 0 Å². The Morgan fingerprint density at radius 1 is 1.18 bits per heavy atom. The number of hydrogen-bond donors (Lipinski definition) is 0. The lowest BCUT2D eigenvalue weighted by atomic mass is 9.68. The number of hydrogen-bond acceptors (Lipinski definition) is 5. The molecule has 7 heteroatoms. The zero-order chi connectivity index (χ0) is 25.1. The van der Waals surface area contributed by atoms with Gasteiger partial charge in [0.2, 0.25) is 0 Å². The molecule has 0 radical (unpaired) electrons. The van der Waals surface area contributed by atoms with E-state index in [2.05, 4.69) is 17.9 Å². The number of benzene rings is 1. The summed E-state index contributed by atoms with van der Waals surface area (Å²) in [6.07, 6.45) is 3.44. The van der Waals surface area contributed by atoms with Crippen LogP contribution in [0.5, 0.6) is 0 Å². The Labute approximate surface area is 203 Å². The number of rotatable bonds is 5. The van der Waals surface area contributed by atoms with E-state index in [4.69, 9.17) is 4.74 Å². The quantitative estimate of drug-likeness (QED) is 0.577. The van der Waals surface area contributed by atoms with Gasteiger partial charge in [0.05, 0.1) is 11.5 Å². The number of amides is 1. The highest BCUT2D eigenvalue weighted by molar-refractivity contribution is 5.89. The number of nitriles is 1. The number of carbonyl (C=O) groups excluding carboxylic acids is 2. The number of piperidine rings is 2. The summed E-state index contributed by atoms with van der Waals surface area (Å²) in [4.78, 5) is 29.4. The first-order valence-corrected chi connectivity index (χ1v) is 12.5. The van der Waals surface area contributed by atoms with Crippen molar-refractivity contribution in [2.45, 2.75) is 84.2 Å². The molecule has 186 valence electrons. The van der Waals surface area contributed by atoms with Gasteiger partial charge in [-0.1, -0.05) is 13.3 Å². The topological polar surface area (TPSA) is 73.6 Å². The first-order chi connectivity index (χ1) is 16.0. The molecule has 1 aromatic rings. The number of ether oxygens (including phenoxy) is 1. The average molecular weight is 472 g/mol. The van der Waals surface area contributed by atoms with Crippen LogP contribution in [-0.4, -0.2) is 48.6 Å². The van der Waals surface area contributed by atoms with Gasteiger partial charge in [-0.15, -0.1) is 0 Å².